The number of nitroso groups, excluding NO2 is 1. The summed E-state index contributed by atoms with van der Waals surface area (Å²) >= 11 is 1.41. The van der Waals surface area contributed by atoms with Gasteiger partial charge in [0.15, 0.2) is 5.70 Å². The van der Waals surface area contributed by atoms with Gasteiger partial charge in [0.1, 0.15) is 17.0 Å². The standard InChI is InChI=1S/C50H63N9O7S/c1-9-13-43(60)57-21-19-34(27-57)59(64)56(7)45(32-14-10-11-15-32)47(61)53-39-24-42-52-40(28-67-42)33-17-18-41-35(23-33)37(46(55(41)6)36-22-30(2)26-51-44(36)31(3)65-8)25-50(4,5)29-66-49(63)38-16-12-20-58(54-38)48(39)62/h17-18,23,26,28,30-31,34,38-39,54H,10-12,14-16,19-22,24-25,27,29H2,1-8H3/p+1/t30?,31-,34-,38-,39-/m0/s1. The van der Waals surface area contributed by atoms with E-state index in [0.717, 1.165) is 74.4 Å². The topological polar surface area (TPSA) is 171 Å². The molecule has 5 atom stereocenters. The van der Waals surface area contributed by atoms with Crippen molar-refractivity contribution in [2.24, 2.45) is 23.4 Å². The molecule has 17 heteroatoms. The molecule has 3 amide bonds. The summed E-state index contributed by atoms with van der Waals surface area (Å²) in [6.07, 6.45) is 7.68. The van der Waals surface area contributed by atoms with Gasteiger partial charge in [0.05, 0.1) is 47.6 Å². The molecule has 5 aliphatic rings. The summed E-state index contributed by atoms with van der Waals surface area (Å²) in [5.74, 6) is 3.64. The Bertz CT molecular complexity index is 2620. The molecular weight excluding hydrogens is 871 g/mol. The van der Waals surface area contributed by atoms with Gasteiger partial charge in [-0.15, -0.1) is 16.3 Å². The SMILES string of the molecule is CC#CC(=O)N1CC[C@H]([N+](=O)N(C)C(C(=O)N[C@H]2Cc3nc(cs3)-c3ccc4c(c3)c(c(C3=C([C@H](C)OC)N=CC(C)C3)n4C)CC(C)(C)COC(=O)[C@@H]3CCCN(N3)C2=O)=C2CCCC2)C1. The van der Waals surface area contributed by atoms with E-state index >= 15 is 0 Å². The number of amides is 3. The molecule has 0 radical (unpaired) electrons. The van der Waals surface area contributed by atoms with Gasteiger partial charge in [-0.1, -0.05) is 32.8 Å². The molecule has 6 bridgehead atoms. The minimum Gasteiger partial charge on any atom is -0.464 e. The van der Waals surface area contributed by atoms with E-state index in [9.17, 15) is 24.1 Å². The van der Waals surface area contributed by atoms with E-state index in [-0.39, 0.29) is 43.2 Å². The Morgan fingerprint density at radius 2 is 1.91 bits per heavy atom. The summed E-state index contributed by atoms with van der Waals surface area (Å²) in [5.41, 5.74) is 10.6. The number of esters is 1. The smallest absolute Gasteiger partial charge is 0.324 e. The average molecular weight is 935 g/mol. The predicted octanol–water partition coefficient (Wildman–Crippen LogP) is 5.88. The number of allylic oxidation sites excluding steroid dienone is 2. The highest BCUT2D eigenvalue weighted by atomic mass is 32.1. The lowest BCUT2D eigenvalue weighted by Gasteiger charge is -2.35. The zero-order chi connectivity index (χ0) is 47.7. The molecular formula is C50H64N9O7S+. The minimum absolute atomic E-state index is 0.0681. The number of likely N-dealkylation sites (tertiary alicyclic amines) is 1. The highest BCUT2D eigenvalue weighted by molar-refractivity contribution is 7.10. The van der Waals surface area contributed by atoms with E-state index in [1.54, 1.807) is 26.0 Å². The number of aromatic nitrogens is 2. The highest BCUT2D eigenvalue weighted by Gasteiger charge is 2.43. The van der Waals surface area contributed by atoms with Crippen molar-refractivity contribution in [3.05, 3.63) is 61.7 Å². The minimum atomic E-state index is -1.10. The number of hydrazine groups is 2. The molecule has 16 nitrogen and oxygen atoms in total. The van der Waals surface area contributed by atoms with E-state index in [0.29, 0.717) is 56.6 Å². The van der Waals surface area contributed by atoms with Crippen molar-refractivity contribution in [1.82, 2.24) is 35.2 Å². The molecule has 6 heterocycles. The predicted molar refractivity (Wildman–Crippen MR) is 257 cm³/mol. The van der Waals surface area contributed by atoms with Crippen LogP contribution in [0.15, 0.2) is 45.5 Å². The van der Waals surface area contributed by atoms with Crippen LogP contribution < -0.4 is 10.7 Å². The fourth-order valence-electron chi connectivity index (χ4n) is 10.2. The van der Waals surface area contributed by atoms with Crippen molar-refractivity contribution in [2.75, 3.05) is 40.4 Å². The number of fused-ring (bicyclic) bond motifs is 6. The molecule has 2 aromatic heterocycles. The third-order valence-corrected chi connectivity index (χ3v) is 14.7. The van der Waals surface area contributed by atoms with Crippen LogP contribution in [0.4, 0.5) is 0 Å². The summed E-state index contributed by atoms with van der Waals surface area (Å²) in [4.78, 5) is 82.4. The number of ether oxygens (including phenoxy) is 2. The Morgan fingerprint density at radius 3 is 2.66 bits per heavy atom. The molecule has 0 spiro atoms. The molecule has 1 unspecified atom stereocenters. The van der Waals surface area contributed by atoms with E-state index in [1.807, 2.05) is 18.5 Å². The maximum Gasteiger partial charge on any atom is 0.324 e. The van der Waals surface area contributed by atoms with Crippen LogP contribution in [-0.2, 0) is 48.5 Å². The van der Waals surface area contributed by atoms with Gasteiger partial charge in [-0.3, -0.25) is 29.2 Å². The zero-order valence-electron chi connectivity index (χ0n) is 40.1. The number of aliphatic imine (C=N–C) groups is 1. The Balaban J connectivity index is 1.16. The normalized spacial score (nSPS) is 23.7. The number of hydrogen-bond acceptors (Lipinski definition) is 11. The number of carbonyl (C=O) groups excluding carboxylic acids is 4. The zero-order valence-corrected chi connectivity index (χ0v) is 40.9. The Labute approximate surface area is 396 Å². The molecule has 1 aromatic carbocycles. The van der Waals surface area contributed by atoms with Gasteiger partial charge in [-0.2, -0.15) is 0 Å². The van der Waals surface area contributed by atoms with Crippen LogP contribution in [0.5, 0.6) is 0 Å². The van der Waals surface area contributed by atoms with Crippen molar-refractivity contribution in [2.45, 2.75) is 123 Å². The summed E-state index contributed by atoms with van der Waals surface area (Å²) in [6, 6.07) is 3.90. The number of aryl methyl sites for hydroxylation is 1. The van der Waals surface area contributed by atoms with Crippen LogP contribution in [0, 0.1) is 28.1 Å². The maximum absolute atomic E-state index is 14.7. The third-order valence-electron chi connectivity index (χ3n) is 13.8. The first-order valence-corrected chi connectivity index (χ1v) is 24.5. The van der Waals surface area contributed by atoms with Gasteiger partial charge in [0, 0.05) is 84.8 Å². The second-order valence-electron chi connectivity index (χ2n) is 19.5. The fraction of sp³-hybridized carbons (Fsp3) is 0.560. The molecule has 356 valence electrons. The van der Waals surface area contributed by atoms with E-state index in [4.69, 9.17) is 19.5 Å². The van der Waals surface area contributed by atoms with Crippen LogP contribution in [0.25, 0.3) is 27.7 Å². The molecule has 4 aliphatic heterocycles. The van der Waals surface area contributed by atoms with E-state index < -0.39 is 41.3 Å². The second-order valence-corrected chi connectivity index (χ2v) is 20.4. The number of methoxy groups -OCH3 is 1. The average Bonchev–Trinajstić information content (AvgIpc) is 4.16. The van der Waals surface area contributed by atoms with Crippen LogP contribution >= 0.6 is 11.3 Å². The molecule has 3 fully saturated rings. The molecule has 3 aromatic rings. The van der Waals surface area contributed by atoms with Crippen molar-refractivity contribution >= 4 is 57.7 Å². The number of rotatable bonds is 8. The molecule has 8 rings (SSSR count). The highest BCUT2D eigenvalue weighted by Crippen LogP contribution is 2.42. The number of thiazole rings is 1. The van der Waals surface area contributed by atoms with Crippen molar-refractivity contribution in [1.29, 1.82) is 0 Å². The Hall–Kier alpha value is -5.70. The van der Waals surface area contributed by atoms with Crippen molar-refractivity contribution in [3.8, 4) is 23.1 Å². The number of benzene rings is 1. The summed E-state index contributed by atoms with van der Waals surface area (Å²) in [7, 11) is 5.37. The van der Waals surface area contributed by atoms with Crippen LogP contribution in [0.3, 0.4) is 0 Å². The maximum atomic E-state index is 14.7. The molecule has 2 saturated heterocycles. The van der Waals surface area contributed by atoms with Crippen molar-refractivity contribution < 1.29 is 33.5 Å². The Morgan fingerprint density at radius 1 is 1.13 bits per heavy atom. The summed E-state index contributed by atoms with van der Waals surface area (Å²) in [6.45, 7) is 11.0. The first-order valence-electron chi connectivity index (χ1n) is 23.6. The first-order chi connectivity index (χ1) is 32.1. The second kappa shape index (κ2) is 19.9. The lowest BCUT2D eigenvalue weighted by molar-refractivity contribution is -0.716. The lowest BCUT2D eigenvalue weighted by atomic mass is 9.82. The molecule has 2 N–H and O–H groups in total. The van der Waals surface area contributed by atoms with Crippen LogP contribution in [-0.4, -0.2) is 124 Å². The fourth-order valence-corrected chi connectivity index (χ4v) is 11.1. The number of nitrogens with one attached hydrogen (secondary N) is 2. The number of likely N-dealkylation sites (N-methyl/N-ethyl adjacent to an activating group) is 1. The number of hydrogen-bond donors (Lipinski definition) is 2. The summed E-state index contributed by atoms with van der Waals surface area (Å²) < 4.78 is 14.2. The number of carbonyl (C=O) groups is 4. The Kier molecular flexibility index (Phi) is 14.2. The van der Waals surface area contributed by atoms with Crippen molar-refractivity contribution in [3.63, 3.8) is 0 Å². The monoisotopic (exact) mass is 934 g/mol. The van der Waals surface area contributed by atoms with E-state index in [2.05, 4.69) is 73.2 Å². The number of cyclic esters (lactones) is 1. The summed E-state index contributed by atoms with van der Waals surface area (Å²) in [5, 5.41) is 9.49. The van der Waals surface area contributed by atoms with E-state index in [1.165, 1.54) is 21.4 Å². The van der Waals surface area contributed by atoms with Gasteiger partial charge >= 0.3 is 5.97 Å². The van der Waals surface area contributed by atoms with Gasteiger partial charge in [0.25, 0.3) is 23.8 Å². The van der Waals surface area contributed by atoms with Crippen LogP contribution in [0.1, 0.15) is 102 Å². The first kappa shape index (κ1) is 47.8. The lowest BCUT2D eigenvalue weighted by Crippen LogP contribution is -2.61. The van der Waals surface area contributed by atoms with Gasteiger partial charge in [-0.05, 0) is 100 Å². The van der Waals surface area contributed by atoms with Crippen LogP contribution in [0.2, 0.25) is 0 Å². The molecule has 1 saturated carbocycles. The number of nitrogens with zero attached hydrogens (tertiary/aromatic N) is 7. The largest absolute Gasteiger partial charge is 0.464 e. The third kappa shape index (κ3) is 9.98. The van der Waals surface area contributed by atoms with Gasteiger partial charge < -0.3 is 24.3 Å². The van der Waals surface area contributed by atoms with Gasteiger partial charge in [0.2, 0.25) is 0 Å². The quantitative estimate of drug-likeness (QED) is 0.0914. The molecule has 67 heavy (non-hydrogen) atoms. The van der Waals surface area contributed by atoms with Gasteiger partial charge in [-0.25, -0.2) is 10.4 Å². The molecule has 1 aliphatic carbocycles.